The Labute approximate surface area is 209 Å². The lowest BCUT2D eigenvalue weighted by molar-refractivity contribution is 0.242. The van der Waals surface area contributed by atoms with Gasteiger partial charge in [-0.1, -0.05) is 38.3 Å². The first-order valence-electron chi connectivity index (χ1n) is 12.1. The first kappa shape index (κ1) is 25.5. The summed E-state index contributed by atoms with van der Waals surface area (Å²) in [5.74, 6) is -0.859. The summed E-state index contributed by atoms with van der Waals surface area (Å²) in [4.78, 5) is 3.16. The zero-order chi connectivity index (χ0) is 24.6. The van der Waals surface area contributed by atoms with Crippen molar-refractivity contribution < 1.29 is 17.9 Å². The number of ether oxygens (including phenoxy) is 1. The molecule has 4 rings (SSSR count). The van der Waals surface area contributed by atoms with Gasteiger partial charge in [0.1, 0.15) is 17.4 Å². The van der Waals surface area contributed by atoms with Crippen molar-refractivity contribution in [2.24, 2.45) is 0 Å². The standard InChI is InChI=1S/C28H31F3N2OS/c1-2-3-4-5-14-34-24-9-11-28(27(31)17-24)32-35-25-10-7-21-18-33(13-12-20(21)15-25)19-22-6-8-23(29)16-26(22)30/h6-11,15-17,32H,2-5,12-14,18-19H2,1H3. The normalized spacial score (nSPS) is 13.5. The summed E-state index contributed by atoms with van der Waals surface area (Å²) >= 11 is 1.37. The predicted octanol–water partition coefficient (Wildman–Crippen LogP) is 7.74. The number of hydrogen-bond acceptors (Lipinski definition) is 4. The third-order valence-corrected chi connectivity index (χ3v) is 6.98. The van der Waals surface area contributed by atoms with Crippen LogP contribution in [0.15, 0.2) is 59.5 Å². The third kappa shape index (κ3) is 7.18. The van der Waals surface area contributed by atoms with Crippen LogP contribution < -0.4 is 9.46 Å². The molecule has 1 aliphatic rings. The lowest BCUT2D eigenvalue weighted by atomic mass is 9.99. The van der Waals surface area contributed by atoms with Crippen molar-refractivity contribution >= 4 is 17.6 Å². The molecular weight excluding hydrogens is 469 g/mol. The number of nitrogens with zero attached hydrogens (tertiary/aromatic N) is 1. The van der Waals surface area contributed by atoms with Crippen molar-refractivity contribution in [3.05, 3.63) is 88.7 Å². The number of hydrogen-bond donors (Lipinski definition) is 1. The highest BCUT2D eigenvalue weighted by Gasteiger charge is 2.18. The first-order chi connectivity index (χ1) is 17.0. The van der Waals surface area contributed by atoms with E-state index >= 15 is 0 Å². The Bertz CT molecular complexity index is 1140. The summed E-state index contributed by atoms with van der Waals surface area (Å²) in [5, 5.41) is 0. The Morgan fingerprint density at radius 3 is 2.60 bits per heavy atom. The van der Waals surface area contributed by atoms with E-state index in [-0.39, 0.29) is 5.82 Å². The maximum Gasteiger partial charge on any atom is 0.150 e. The van der Waals surface area contributed by atoms with Crippen LogP contribution in [0.25, 0.3) is 0 Å². The van der Waals surface area contributed by atoms with Gasteiger partial charge in [-0.05, 0) is 66.2 Å². The molecule has 0 spiro atoms. The highest BCUT2D eigenvalue weighted by Crippen LogP contribution is 2.29. The molecule has 0 radical (unpaired) electrons. The fraction of sp³-hybridized carbons (Fsp3) is 0.357. The number of halogens is 3. The van der Waals surface area contributed by atoms with Gasteiger partial charge in [-0.25, -0.2) is 13.2 Å². The number of unbranched alkanes of at least 4 members (excludes halogenated alkanes) is 3. The molecule has 3 aromatic carbocycles. The summed E-state index contributed by atoms with van der Waals surface area (Å²) in [5.41, 5.74) is 3.34. The minimum Gasteiger partial charge on any atom is -0.493 e. The van der Waals surface area contributed by atoms with E-state index in [4.69, 9.17) is 4.74 Å². The van der Waals surface area contributed by atoms with Gasteiger partial charge in [0, 0.05) is 42.2 Å². The molecule has 3 aromatic rings. The molecule has 1 heterocycles. The summed E-state index contributed by atoms with van der Waals surface area (Å²) in [6.07, 6.45) is 5.30. The number of benzene rings is 3. The van der Waals surface area contributed by atoms with Crippen LogP contribution in [0.1, 0.15) is 49.3 Å². The molecule has 0 bridgehead atoms. The van der Waals surface area contributed by atoms with Crippen molar-refractivity contribution in [3.63, 3.8) is 0 Å². The lowest BCUT2D eigenvalue weighted by Crippen LogP contribution is -2.30. The molecule has 0 aromatic heterocycles. The Hall–Kier alpha value is -2.64. The van der Waals surface area contributed by atoms with Gasteiger partial charge in [-0.2, -0.15) is 0 Å². The second kappa shape index (κ2) is 12.4. The summed E-state index contributed by atoms with van der Waals surface area (Å²) in [7, 11) is 0. The third-order valence-electron chi connectivity index (χ3n) is 6.16. The smallest absolute Gasteiger partial charge is 0.150 e. The molecular formula is C28H31F3N2OS. The molecule has 186 valence electrons. The second-order valence-electron chi connectivity index (χ2n) is 8.88. The van der Waals surface area contributed by atoms with Gasteiger partial charge in [-0.3, -0.25) is 4.90 Å². The maximum atomic E-state index is 14.5. The lowest BCUT2D eigenvalue weighted by Gasteiger charge is -2.29. The average molecular weight is 501 g/mol. The Kier molecular flexibility index (Phi) is 8.99. The largest absolute Gasteiger partial charge is 0.493 e. The Morgan fingerprint density at radius 2 is 1.80 bits per heavy atom. The number of fused-ring (bicyclic) bond motifs is 1. The van der Waals surface area contributed by atoms with Gasteiger partial charge in [-0.15, -0.1) is 0 Å². The van der Waals surface area contributed by atoms with E-state index in [9.17, 15) is 13.2 Å². The van der Waals surface area contributed by atoms with Crippen LogP contribution in [-0.4, -0.2) is 18.1 Å². The molecule has 3 nitrogen and oxygen atoms in total. The van der Waals surface area contributed by atoms with Gasteiger partial charge >= 0.3 is 0 Å². The minimum atomic E-state index is -0.559. The van der Waals surface area contributed by atoms with Crippen LogP contribution in [-0.2, 0) is 19.5 Å². The summed E-state index contributed by atoms with van der Waals surface area (Å²) in [6.45, 7) is 4.71. The predicted molar refractivity (Wildman–Crippen MR) is 136 cm³/mol. The van der Waals surface area contributed by atoms with Crippen LogP contribution >= 0.6 is 11.9 Å². The second-order valence-corrected chi connectivity index (χ2v) is 9.76. The Balaban J connectivity index is 1.29. The molecule has 0 aliphatic carbocycles. The van der Waals surface area contributed by atoms with Crippen LogP contribution in [0, 0.1) is 17.5 Å². The molecule has 0 saturated heterocycles. The fourth-order valence-corrected chi connectivity index (χ4v) is 4.91. The highest BCUT2D eigenvalue weighted by molar-refractivity contribution is 8.00. The maximum absolute atomic E-state index is 14.5. The first-order valence-corrected chi connectivity index (χ1v) is 13.0. The zero-order valence-corrected chi connectivity index (χ0v) is 20.8. The molecule has 0 atom stereocenters. The summed E-state index contributed by atoms with van der Waals surface area (Å²) < 4.78 is 50.5. The van der Waals surface area contributed by atoms with Crippen molar-refractivity contribution in [1.82, 2.24) is 4.90 Å². The van der Waals surface area contributed by atoms with E-state index in [1.165, 1.54) is 54.1 Å². The summed E-state index contributed by atoms with van der Waals surface area (Å²) in [6, 6.07) is 14.8. The SMILES string of the molecule is CCCCCCOc1ccc(NSc2ccc3c(c2)CCN(Cc2ccc(F)cc2F)C3)c(F)c1. The number of rotatable bonds is 11. The van der Waals surface area contributed by atoms with Crippen molar-refractivity contribution in [3.8, 4) is 5.75 Å². The van der Waals surface area contributed by atoms with Gasteiger partial charge in [0.05, 0.1) is 12.3 Å². The zero-order valence-electron chi connectivity index (χ0n) is 20.0. The van der Waals surface area contributed by atoms with E-state index in [1.807, 2.05) is 6.07 Å². The molecule has 0 saturated carbocycles. The molecule has 1 N–H and O–H groups in total. The number of anilines is 1. The molecule has 0 amide bonds. The van der Waals surface area contributed by atoms with Crippen LogP contribution in [0.2, 0.25) is 0 Å². The molecule has 0 unspecified atom stereocenters. The molecule has 1 aliphatic heterocycles. The van der Waals surface area contributed by atoms with E-state index in [0.717, 1.165) is 36.8 Å². The monoisotopic (exact) mass is 500 g/mol. The van der Waals surface area contributed by atoms with E-state index < -0.39 is 11.6 Å². The van der Waals surface area contributed by atoms with Gasteiger partial charge in [0.2, 0.25) is 0 Å². The van der Waals surface area contributed by atoms with Crippen LogP contribution in [0.3, 0.4) is 0 Å². The number of nitrogens with one attached hydrogen (secondary N) is 1. The van der Waals surface area contributed by atoms with E-state index in [0.29, 0.717) is 36.7 Å². The van der Waals surface area contributed by atoms with Gasteiger partial charge < -0.3 is 9.46 Å². The van der Waals surface area contributed by atoms with Gasteiger partial charge in [0.25, 0.3) is 0 Å². The topological polar surface area (TPSA) is 24.5 Å². The fourth-order valence-electron chi connectivity index (χ4n) is 4.18. The minimum absolute atomic E-state index is 0.342. The van der Waals surface area contributed by atoms with Crippen LogP contribution in [0.4, 0.5) is 18.9 Å². The van der Waals surface area contributed by atoms with Crippen molar-refractivity contribution in [1.29, 1.82) is 0 Å². The molecule has 35 heavy (non-hydrogen) atoms. The van der Waals surface area contributed by atoms with E-state index in [2.05, 4.69) is 28.7 Å². The van der Waals surface area contributed by atoms with Crippen molar-refractivity contribution in [2.45, 2.75) is 57.0 Å². The van der Waals surface area contributed by atoms with E-state index in [1.54, 1.807) is 12.1 Å². The Morgan fingerprint density at radius 1 is 0.914 bits per heavy atom. The van der Waals surface area contributed by atoms with Gasteiger partial charge in [0.15, 0.2) is 5.82 Å². The quantitative estimate of drug-likeness (QED) is 0.215. The van der Waals surface area contributed by atoms with Crippen LogP contribution in [0.5, 0.6) is 5.75 Å². The molecule has 0 fully saturated rings. The molecule has 7 heteroatoms. The van der Waals surface area contributed by atoms with Crippen molar-refractivity contribution in [2.75, 3.05) is 17.9 Å². The average Bonchev–Trinajstić information content (AvgIpc) is 2.85. The highest BCUT2D eigenvalue weighted by atomic mass is 32.2.